The second-order valence-corrected chi connectivity index (χ2v) is 2.28. The molecule has 0 aromatic heterocycles. The first-order valence-corrected chi connectivity index (χ1v) is 3.26. The SMILES string of the molecule is C=C(C)C.[K+].[c-]1ccccc1. The van der Waals surface area contributed by atoms with E-state index in [2.05, 4.69) is 12.6 Å². The van der Waals surface area contributed by atoms with Crippen molar-refractivity contribution in [2.75, 3.05) is 0 Å². The third-order valence-corrected chi connectivity index (χ3v) is 0.607. The standard InChI is InChI=1S/C6H5.C4H8.K/c1-2-4-6-5-3-1;1-4(2)3;/h1-5H;1H2,2-3H3;/q-1;;+1. The monoisotopic (exact) mass is 172 g/mol. The fourth-order valence-corrected chi connectivity index (χ4v) is 0.342. The van der Waals surface area contributed by atoms with Crippen LogP contribution in [-0.4, -0.2) is 0 Å². The van der Waals surface area contributed by atoms with Gasteiger partial charge >= 0.3 is 51.4 Å². The Balaban J connectivity index is 0. The summed E-state index contributed by atoms with van der Waals surface area (Å²) in [5, 5.41) is 0. The summed E-state index contributed by atoms with van der Waals surface area (Å²) in [5.41, 5.74) is 1.17. The Hall–Kier alpha value is 0.596. The molecule has 0 atom stereocenters. The molecule has 0 unspecified atom stereocenters. The normalized spacial score (nSPS) is 6.73. The van der Waals surface area contributed by atoms with E-state index in [4.69, 9.17) is 0 Å². The van der Waals surface area contributed by atoms with Crippen LogP contribution in [0.5, 0.6) is 0 Å². The molecule has 1 heteroatoms. The van der Waals surface area contributed by atoms with Gasteiger partial charge in [0.25, 0.3) is 0 Å². The molecule has 0 amide bonds. The van der Waals surface area contributed by atoms with Crippen molar-refractivity contribution in [3.05, 3.63) is 48.6 Å². The van der Waals surface area contributed by atoms with Gasteiger partial charge in [0.1, 0.15) is 0 Å². The van der Waals surface area contributed by atoms with Crippen molar-refractivity contribution < 1.29 is 51.4 Å². The van der Waals surface area contributed by atoms with Gasteiger partial charge in [-0.1, -0.05) is 5.57 Å². The quantitative estimate of drug-likeness (QED) is 0.295. The van der Waals surface area contributed by atoms with E-state index in [1.165, 1.54) is 5.57 Å². The molecule has 1 aromatic carbocycles. The summed E-state index contributed by atoms with van der Waals surface area (Å²) in [7, 11) is 0. The van der Waals surface area contributed by atoms with Crippen molar-refractivity contribution >= 4 is 0 Å². The van der Waals surface area contributed by atoms with Crippen LogP contribution in [0.4, 0.5) is 0 Å². The second-order valence-electron chi connectivity index (χ2n) is 2.28. The van der Waals surface area contributed by atoms with Crippen LogP contribution >= 0.6 is 0 Å². The third kappa shape index (κ3) is 18.0. The molecule has 11 heavy (non-hydrogen) atoms. The molecular weight excluding hydrogens is 159 g/mol. The second kappa shape index (κ2) is 10.6. The summed E-state index contributed by atoms with van der Waals surface area (Å²) >= 11 is 0. The van der Waals surface area contributed by atoms with Crippen LogP contribution in [0.15, 0.2) is 42.5 Å². The first-order valence-electron chi connectivity index (χ1n) is 3.26. The van der Waals surface area contributed by atoms with Crippen LogP contribution in [0.2, 0.25) is 0 Å². The van der Waals surface area contributed by atoms with E-state index in [1.807, 2.05) is 44.2 Å². The molecule has 0 heterocycles. The fraction of sp³-hybridized carbons (Fsp3) is 0.200. The number of allylic oxidation sites excluding steroid dienone is 1. The molecule has 0 aliphatic rings. The molecule has 1 aromatic rings. The molecule has 0 fully saturated rings. The summed E-state index contributed by atoms with van der Waals surface area (Å²) in [6.07, 6.45) is 0. The average molecular weight is 172 g/mol. The van der Waals surface area contributed by atoms with Gasteiger partial charge in [0.2, 0.25) is 0 Å². The molecular formula is C10H13K. The average Bonchev–Trinajstić information content (AvgIpc) is 1.90. The van der Waals surface area contributed by atoms with Crippen LogP contribution in [0.3, 0.4) is 0 Å². The van der Waals surface area contributed by atoms with Crippen LogP contribution < -0.4 is 51.4 Å². The first kappa shape index (κ1) is 14.1. The third-order valence-electron chi connectivity index (χ3n) is 0.607. The van der Waals surface area contributed by atoms with Gasteiger partial charge < -0.3 is 0 Å². The fourth-order valence-electron chi connectivity index (χ4n) is 0.342. The summed E-state index contributed by atoms with van der Waals surface area (Å²) in [6, 6.07) is 12.5. The molecule has 0 nitrogen and oxygen atoms in total. The zero-order chi connectivity index (χ0) is 7.82. The van der Waals surface area contributed by atoms with Gasteiger partial charge in [0, 0.05) is 0 Å². The number of hydrogen-bond donors (Lipinski definition) is 0. The molecule has 0 saturated carbocycles. The van der Waals surface area contributed by atoms with E-state index in [0.717, 1.165) is 0 Å². The number of benzene rings is 1. The van der Waals surface area contributed by atoms with Crippen molar-refractivity contribution in [2.24, 2.45) is 0 Å². The summed E-state index contributed by atoms with van der Waals surface area (Å²) in [5.74, 6) is 0. The summed E-state index contributed by atoms with van der Waals surface area (Å²) < 4.78 is 0. The van der Waals surface area contributed by atoms with Gasteiger partial charge in [-0.05, 0) is 13.8 Å². The van der Waals surface area contributed by atoms with Gasteiger partial charge in [-0.25, -0.2) is 0 Å². The molecule has 0 saturated heterocycles. The van der Waals surface area contributed by atoms with E-state index in [9.17, 15) is 0 Å². The zero-order valence-corrected chi connectivity index (χ0v) is 10.7. The van der Waals surface area contributed by atoms with E-state index >= 15 is 0 Å². The van der Waals surface area contributed by atoms with Crippen molar-refractivity contribution in [3.8, 4) is 0 Å². The molecule has 0 radical (unpaired) electrons. The zero-order valence-electron chi connectivity index (χ0n) is 7.59. The Kier molecular flexibility index (Phi) is 13.6. The molecule has 0 aliphatic carbocycles. The Morgan fingerprint density at radius 2 is 1.45 bits per heavy atom. The van der Waals surface area contributed by atoms with Gasteiger partial charge in [-0.3, -0.25) is 0 Å². The molecule has 54 valence electrons. The van der Waals surface area contributed by atoms with Crippen LogP contribution in [-0.2, 0) is 0 Å². The van der Waals surface area contributed by atoms with Gasteiger partial charge in [0.05, 0.1) is 0 Å². The topological polar surface area (TPSA) is 0 Å². The molecule has 0 N–H and O–H groups in total. The van der Waals surface area contributed by atoms with Gasteiger partial charge in [-0.2, -0.15) is 36.4 Å². The smallest absolute Gasteiger partial charge is 0.184 e. The largest absolute Gasteiger partial charge is 1.00 e. The van der Waals surface area contributed by atoms with E-state index in [1.54, 1.807) is 0 Å². The Morgan fingerprint density at radius 3 is 1.55 bits per heavy atom. The summed E-state index contributed by atoms with van der Waals surface area (Å²) in [4.78, 5) is 0. The summed E-state index contributed by atoms with van der Waals surface area (Å²) in [6.45, 7) is 7.50. The van der Waals surface area contributed by atoms with Crippen LogP contribution in [0.25, 0.3) is 0 Å². The number of hydrogen-bond acceptors (Lipinski definition) is 0. The Morgan fingerprint density at radius 1 is 1.09 bits per heavy atom. The molecule has 0 aliphatic heterocycles. The van der Waals surface area contributed by atoms with E-state index < -0.39 is 0 Å². The van der Waals surface area contributed by atoms with Crippen LogP contribution in [0.1, 0.15) is 13.8 Å². The maximum Gasteiger partial charge on any atom is 1.00 e. The molecule has 1 rings (SSSR count). The van der Waals surface area contributed by atoms with Crippen molar-refractivity contribution in [1.82, 2.24) is 0 Å². The van der Waals surface area contributed by atoms with Gasteiger partial charge in [0.15, 0.2) is 0 Å². The maximum absolute atomic E-state index is 3.56. The van der Waals surface area contributed by atoms with Crippen molar-refractivity contribution in [2.45, 2.75) is 13.8 Å². The minimum absolute atomic E-state index is 0. The minimum atomic E-state index is 0. The predicted octanol–water partition coefficient (Wildman–Crippen LogP) is 0.0732. The molecule has 0 bridgehead atoms. The minimum Gasteiger partial charge on any atom is -0.184 e. The van der Waals surface area contributed by atoms with Crippen molar-refractivity contribution in [1.29, 1.82) is 0 Å². The van der Waals surface area contributed by atoms with E-state index in [-0.39, 0.29) is 51.4 Å². The number of rotatable bonds is 0. The van der Waals surface area contributed by atoms with Crippen molar-refractivity contribution in [3.63, 3.8) is 0 Å². The van der Waals surface area contributed by atoms with Crippen LogP contribution in [0, 0.1) is 6.07 Å². The maximum atomic E-state index is 3.56. The Bertz CT molecular complexity index is 137. The van der Waals surface area contributed by atoms with E-state index in [0.29, 0.717) is 0 Å². The first-order chi connectivity index (χ1) is 4.73. The molecule has 0 spiro atoms. The Labute approximate surface area is 112 Å². The van der Waals surface area contributed by atoms with Gasteiger partial charge in [-0.15, -0.1) is 6.58 Å². The predicted molar refractivity (Wildman–Crippen MR) is 45.8 cm³/mol.